The number of likely N-dealkylation sites (tertiary alicyclic amines) is 1. The third-order valence-electron chi connectivity index (χ3n) is 12.4. The van der Waals surface area contributed by atoms with Crippen LogP contribution in [0.1, 0.15) is 68.6 Å². The van der Waals surface area contributed by atoms with Crippen LogP contribution >= 0.6 is 0 Å². The van der Waals surface area contributed by atoms with Gasteiger partial charge in [-0.05, 0) is 94.8 Å². The van der Waals surface area contributed by atoms with E-state index in [0.29, 0.717) is 61.0 Å². The van der Waals surface area contributed by atoms with Gasteiger partial charge in [-0.2, -0.15) is 0 Å². The first-order valence-corrected chi connectivity index (χ1v) is 22.8. The monoisotopic (exact) mass is 900 g/mol. The molecule has 20 nitrogen and oxygen atoms in total. The molecule has 10 N–H and O–H groups in total. The number of amides is 7. The van der Waals surface area contributed by atoms with Crippen molar-refractivity contribution in [1.29, 1.82) is 0 Å². The maximum absolute atomic E-state index is 13.9. The smallest absolute Gasteiger partial charge is 0.257 e. The number of guanidine groups is 1. The van der Waals surface area contributed by atoms with Crippen molar-refractivity contribution in [3.63, 3.8) is 0 Å². The lowest BCUT2D eigenvalue weighted by Crippen LogP contribution is -2.58. The van der Waals surface area contributed by atoms with Crippen LogP contribution in [0.5, 0.6) is 0 Å². The van der Waals surface area contributed by atoms with E-state index in [2.05, 4.69) is 51.6 Å². The molecule has 0 aliphatic carbocycles. The van der Waals surface area contributed by atoms with Gasteiger partial charge >= 0.3 is 0 Å². The van der Waals surface area contributed by atoms with Crippen LogP contribution in [0.2, 0.25) is 0 Å². The molecular formula is C45H65N13O7. The van der Waals surface area contributed by atoms with Gasteiger partial charge < -0.3 is 37.6 Å². The molecule has 4 aliphatic rings. The molecule has 0 unspecified atom stereocenters. The van der Waals surface area contributed by atoms with E-state index in [1.165, 1.54) is 6.92 Å². The van der Waals surface area contributed by atoms with Crippen molar-refractivity contribution in [3.05, 3.63) is 54.1 Å². The molecule has 2 aromatic carbocycles. The minimum absolute atomic E-state index is 0.00225. The lowest BCUT2D eigenvalue weighted by Gasteiger charge is -2.36. The second-order valence-electron chi connectivity index (χ2n) is 17.2. The molecule has 65 heavy (non-hydrogen) atoms. The highest BCUT2D eigenvalue weighted by atomic mass is 16.2. The van der Waals surface area contributed by atoms with Gasteiger partial charge in [0.1, 0.15) is 6.04 Å². The van der Waals surface area contributed by atoms with E-state index >= 15 is 0 Å². The van der Waals surface area contributed by atoms with Crippen LogP contribution < -0.4 is 48.3 Å². The van der Waals surface area contributed by atoms with Gasteiger partial charge in [-0.3, -0.25) is 63.9 Å². The number of aliphatic imine (C=N–C) groups is 1. The van der Waals surface area contributed by atoms with E-state index in [1.807, 2.05) is 42.5 Å². The summed E-state index contributed by atoms with van der Waals surface area (Å²) in [6.45, 7) is 9.30. The summed E-state index contributed by atoms with van der Waals surface area (Å²) in [6, 6.07) is 11.6. The molecular weight excluding hydrogens is 835 g/mol. The van der Waals surface area contributed by atoms with Gasteiger partial charge in [-0.15, -0.1) is 0 Å². The van der Waals surface area contributed by atoms with Crippen molar-refractivity contribution in [3.8, 4) is 0 Å². The number of hydrogen-bond donors (Lipinski definition) is 8. The number of nitrogens with zero attached hydrogens (tertiary/aromatic N) is 5. The minimum atomic E-state index is -1.17. The van der Waals surface area contributed by atoms with Crippen LogP contribution in [0.25, 0.3) is 0 Å². The third-order valence-corrected chi connectivity index (χ3v) is 12.4. The highest BCUT2D eigenvalue weighted by Gasteiger charge is 2.33. The second-order valence-corrected chi connectivity index (χ2v) is 17.2. The predicted octanol–water partition coefficient (Wildman–Crippen LogP) is -0.419. The highest BCUT2D eigenvalue weighted by molar-refractivity contribution is 6.18. The zero-order valence-electron chi connectivity index (χ0n) is 37.3. The fraction of sp³-hybridized carbons (Fsp3) is 0.556. The molecule has 20 heteroatoms. The maximum atomic E-state index is 13.9. The van der Waals surface area contributed by atoms with Gasteiger partial charge in [0.2, 0.25) is 35.4 Å². The van der Waals surface area contributed by atoms with E-state index in [-0.39, 0.29) is 55.5 Å². The van der Waals surface area contributed by atoms with E-state index in [1.54, 1.807) is 11.0 Å². The molecule has 3 fully saturated rings. The molecule has 0 radical (unpaired) electrons. The van der Waals surface area contributed by atoms with Crippen LogP contribution in [0.3, 0.4) is 0 Å². The van der Waals surface area contributed by atoms with Gasteiger partial charge in [0.25, 0.3) is 5.91 Å². The number of para-hydroxylation sites is 3. The Kier molecular flexibility index (Phi) is 17.8. The fourth-order valence-corrected chi connectivity index (χ4v) is 8.90. The molecule has 7 amide bonds. The number of benzene rings is 2. The number of piperazine rings is 1. The Morgan fingerprint density at radius 2 is 1.52 bits per heavy atom. The number of nitrogens with two attached hydrogens (primary N) is 2. The molecule has 352 valence electrons. The highest BCUT2D eigenvalue weighted by Crippen LogP contribution is 2.38. The molecule has 4 aliphatic heterocycles. The maximum Gasteiger partial charge on any atom is 0.257 e. The summed E-state index contributed by atoms with van der Waals surface area (Å²) in [5, 5.41) is 16.5. The van der Waals surface area contributed by atoms with Gasteiger partial charge in [0.15, 0.2) is 5.96 Å². The number of carbonyl (C=O) groups excluding carboxylic acids is 7. The molecule has 6 rings (SSSR count). The molecule has 2 aromatic rings. The number of hydrogen-bond acceptors (Lipinski definition) is 12. The quantitative estimate of drug-likeness (QED) is 0.0788. The summed E-state index contributed by atoms with van der Waals surface area (Å²) in [4.78, 5) is 103. The zero-order chi connectivity index (χ0) is 46.3. The lowest BCUT2D eigenvalue weighted by atomic mass is 9.92. The largest absolute Gasteiger partial charge is 0.370 e. The summed E-state index contributed by atoms with van der Waals surface area (Å²) < 4.78 is 0. The molecule has 4 heterocycles. The number of anilines is 3. The number of nitrogens with one attached hydrogen (secondary N) is 6. The lowest BCUT2D eigenvalue weighted by molar-refractivity contribution is -0.135. The summed E-state index contributed by atoms with van der Waals surface area (Å²) in [5.74, 6) is -2.55. The van der Waals surface area contributed by atoms with Crippen molar-refractivity contribution in [2.45, 2.75) is 76.4 Å². The molecule has 0 spiro atoms. The van der Waals surface area contributed by atoms with Gasteiger partial charge in [0, 0.05) is 59.3 Å². The van der Waals surface area contributed by atoms with Crippen molar-refractivity contribution in [2.75, 3.05) is 88.8 Å². The average Bonchev–Trinajstić information content (AvgIpc) is 3.32. The van der Waals surface area contributed by atoms with Gasteiger partial charge in [-0.1, -0.05) is 24.3 Å². The van der Waals surface area contributed by atoms with Gasteiger partial charge in [0.05, 0.1) is 47.7 Å². The number of carbonyl (C=O) groups is 7. The van der Waals surface area contributed by atoms with Gasteiger partial charge in [-0.25, -0.2) is 0 Å². The van der Waals surface area contributed by atoms with E-state index < -0.39 is 35.8 Å². The Bertz CT molecular complexity index is 2050. The Hall–Kier alpha value is -5.96. The minimum Gasteiger partial charge on any atom is -0.370 e. The molecule has 0 saturated carbocycles. The molecule has 3 saturated heterocycles. The van der Waals surface area contributed by atoms with Crippen molar-refractivity contribution in [1.82, 2.24) is 41.3 Å². The van der Waals surface area contributed by atoms with E-state index in [9.17, 15) is 33.6 Å². The first-order chi connectivity index (χ1) is 31.3. The fourth-order valence-electron chi connectivity index (χ4n) is 8.90. The van der Waals surface area contributed by atoms with Crippen LogP contribution in [0, 0.1) is 5.92 Å². The standard InChI is InChI=1S/C45H65N13O7/c1-30(59)51-43(64)35(14-18-50-45(46)47)54-44(65)36-28-39(60)48-17-6-11-34(52-36)42(63)49-19-23-56-26-24-55(25-27-56)20-7-8-31-15-21-57(22-16-31)29-40(61)58-37-12-4-2-9-32(37)41(62)53-33-10-3-5-13-38(33)58/h2-5,9-10,12-13,31,34-36,52H,6-8,11,14-29H2,1H3,(H,48,60)(H,49,63)(H,53,62)(H,54,65)(H4,46,47,50)(H,51,59,64)/t34-,35-,36-/m0/s1. The Labute approximate surface area is 380 Å². The van der Waals surface area contributed by atoms with Crippen molar-refractivity contribution < 1.29 is 33.6 Å². The number of imide groups is 1. The van der Waals surface area contributed by atoms with Crippen molar-refractivity contribution in [2.24, 2.45) is 22.4 Å². The summed E-state index contributed by atoms with van der Waals surface area (Å²) in [5.41, 5.74) is 13.2. The van der Waals surface area contributed by atoms with E-state index in [4.69, 9.17) is 11.5 Å². The topological polar surface area (TPSA) is 269 Å². The molecule has 3 atom stereocenters. The normalized spacial score (nSPS) is 20.5. The van der Waals surface area contributed by atoms with Crippen LogP contribution in [0.15, 0.2) is 53.5 Å². The number of rotatable bonds is 16. The van der Waals surface area contributed by atoms with Crippen molar-refractivity contribution >= 4 is 64.4 Å². The molecule has 0 aromatic heterocycles. The van der Waals surface area contributed by atoms with E-state index in [0.717, 1.165) is 71.5 Å². The number of fused-ring (bicyclic) bond motifs is 2. The van der Waals surface area contributed by atoms with Crippen LogP contribution in [0.4, 0.5) is 17.1 Å². The predicted molar refractivity (Wildman–Crippen MR) is 246 cm³/mol. The Balaban J connectivity index is 0.886. The summed E-state index contributed by atoms with van der Waals surface area (Å²) >= 11 is 0. The van der Waals surface area contributed by atoms with Crippen LogP contribution in [-0.2, 0) is 28.8 Å². The third kappa shape index (κ3) is 14.3. The Morgan fingerprint density at radius 3 is 2.25 bits per heavy atom. The summed E-state index contributed by atoms with van der Waals surface area (Å²) in [6.07, 6.45) is 4.97. The van der Waals surface area contributed by atoms with Crippen LogP contribution in [-0.4, -0.2) is 159 Å². The first kappa shape index (κ1) is 48.5. The first-order valence-electron chi connectivity index (χ1n) is 22.8. The Morgan fingerprint density at radius 1 is 0.831 bits per heavy atom. The average molecular weight is 900 g/mol. The second kappa shape index (κ2) is 23.8. The zero-order valence-corrected chi connectivity index (χ0v) is 37.3. The summed E-state index contributed by atoms with van der Waals surface area (Å²) in [7, 11) is 0. The SMILES string of the molecule is CC(=O)NC(=O)[C@H](CCN=C(N)N)NC(=O)[C@@H]1CC(=O)NCCC[C@@H](C(=O)NCCN2CCN(CCCC3CCN(CC(=O)N4c5ccccc5NC(=O)c5ccccc54)CC3)CC2)N1. The number of piperidine rings is 1. The molecule has 0 bridgehead atoms.